The second-order valence-corrected chi connectivity index (χ2v) is 4.31. The SMILES string of the molecule is CC(C(=O)c1cccc(Cl)c1)c1ccncc1. The zero-order chi connectivity index (χ0) is 12.3. The topological polar surface area (TPSA) is 30.0 Å². The molecule has 0 spiro atoms. The van der Waals surface area contributed by atoms with E-state index in [0.29, 0.717) is 10.6 Å². The number of benzene rings is 1. The standard InChI is InChI=1S/C14H12ClNO/c1-10(11-5-7-16-8-6-11)14(17)12-3-2-4-13(15)9-12/h2-10H,1H3. The first-order valence-electron chi connectivity index (χ1n) is 5.38. The van der Waals surface area contributed by atoms with Crippen LogP contribution in [-0.2, 0) is 0 Å². The Labute approximate surface area is 105 Å². The van der Waals surface area contributed by atoms with E-state index >= 15 is 0 Å². The summed E-state index contributed by atoms with van der Waals surface area (Å²) >= 11 is 5.88. The van der Waals surface area contributed by atoms with Crippen molar-refractivity contribution >= 4 is 17.4 Å². The minimum Gasteiger partial charge on any atom is -0.294 e. The molecule has 17 heavy (non-hydrogen) atoms. The smallest absolute Gasteiger partial charge is 0.170 e. The Bertz CT molecular complexity index is 525. The first kappa shape index (κ1) is 11.8. The molecular formula is C14H12ClNO. The maximum Gasteiger partial charge on any atom is 0.170 e. The zero-order valence-electron chi connectivity index (χ0n) is 9.43. The van der Waals surface area contributed by atoms with Gasteiger partial charge in [0.2, 0.25) is 0 Å². The van der Waals surface area contributed by atoms with Crippen LogP contribution >= 0.6 is 11.6 Å². The molecule has 86 valence electrons. The second kappa shape index (κ2) is 5.11. The van der Waals surface area contributed by atoms with Crippen molar-refractivity contribution in [2.75, 3.05) is 0 Å². The first-order valence-corrected chi connectivity index (χ1v) is 5.76. The third-order valence-corrected chi connectivity index (χ3v) is 2.94. The molecule has 2 nitrogen and oxygen atoms in total. The molecule has 1 heterocycles. The van der Waals surface area contributed by atoms with Crippen molar-refractivity contribution in [2.24, 2.45) is 0 Å². The third kappa shape index (κ3) is 2.71. The molecule has 0 aliphatic heterocycles. The van der Waals surface area contributed by atoms with Crippen LogP contribution in [0.15, 0.2) is 48.8 Å². The van der Waals surface area contributed by atoms with Crippen molar-refractivity contribution in [3.8, 4) is 0 Å². The summed E-state index contributed by atoms with van der Waals surface area (Å²) in [5.41, 5.74) is 1.60. The van der Waals surface area contributed by atoms with Crippen LogP contribution in [-0.4, -0.2) is 10.8 Å². The molecule has 0 amide bonds. The molecule has 1 unspecified atom stereocenters. The van der Waals surface area contributed by atoms with Gasteiger partial charge >= 0.3 is 0 Å². The number of pyridine rings is 1. The predicted molar refractivity (Wildman–Crippen MR) is 68.4 cm³/mol. The molecule has 0 bridgehead atoms. The summed E-state index contributed by atoms with van der Waals surface area (Å²) in [6.07, 6.45) is 3.38. The molecule has 0 saturated heterocycles. The van der Waals surface area contributed by atoms with E-state index in [2.05, 4.69) is 4.98 Å². The number of carbonyl (C=O) groups excluding carboxylic acids is 1. The molecule has 2 rings (SSSR count). The molecule has 1 aromatic heterocycles. The average molecular weight is 246 g/mol. The van der Waals surface area contributed by atoms with Gasteiger partial charge in [-0.15, -0.1) is 0 Å². The lowest BCUT2D eigenvalue weighted by Crippen LogP contribution is -2.09. The summed E-state index contributed by atoms with van der Waals surface area (Å²) < 4.78 is 0. The van der Waals surface area contributed by atoms with Gasteiger partial charge in [-0.2, -0.15) is 0 Å². The van der Waals surface area contributed by atoms with Crippen molar-refractivity contribution in [3.05, 3.63) is 64.9 Å². The van der Waals surface area contributed by atoms with Gasteiger partial charge in [-0.3, -0.25) is 9.78 Å². The Balaban J connectivity index is 2.27. The van der Waals surface area contributed by atoms with Crippen molar-refractivity contribution in [3.63, 3.8) is 0 Å². The van der Waals surface area contributed by atoms with Crippen LogP contribution in [0.3, 0.4) is 0 Å². The summed E-state index contributed by atoms with van der Waals surface area (Å²) in [7, 11) is 0. The van der Waals surface area contributed by atoms with E-state index in [0.717, 1.165) is 5.56 Å². The predicted octanol–water partition coefficient (Wildman–Crippen LogP) is 3.72. The van der Waals surface area contributed by atoms with E-state index in [4.69, 9.17) is 11.6 Å². The van der Waals surface area contributed by atoms with Crippen LogP contribution in [0.5, 0.6) is 0 Å². The first-order chi connectivity index (χ1) is 8.18. The molecule has 0 N–H and O–H groups in total. The monoisotopic (exact) mass is 245 g/mol. The number of rotatable bonds is 3. The van der Waals surface area contributed by atoms with E-state index in [-0.39, 0.29) is 11.7 Å². The summed E-state index contributed by atoms with van der Waals surface area (Å²) in [4.78, 5) is 16.2. The fourth-order valence-electron chi connectivity index (χ4n) is 1.70. The number of carbonyl (C=O) groups is 1. The number of hydrogen-bond acceptors (Lipinski definition) is 2. The van der Waals surface area contributed by atoms with Crippen LogP contribution in [0.1, 0.15) is 28.8 Å². The average Bonchev–Trinajstić information content (AvgIpc) is 2.38. The van der Waals surface area contributed by atoms with E-state index in [9.17, 15) is 4.79 Å². The van der Waals surface area contributed by atoms with E-state index in [1.807, 2.05) is 19.1 Å². The van der Waals surface area contributed by atoms with Gasteiger partial charge in [0, 0.05) is 28.9 Å². The van der Waals surface area contributed by atoms with Crippen LogP contribution in [0, 0.1) is 0 Å². The minimum atomic E-state index is -0.184. The van der Waals surface area contributed by atoms with Gasteiger partial charge in [0.15, 0.2) is 5.78 Å². The molecule has 0 aliphatic rings. The van der Waals surface area contributed by atoms with Crippen LogP contribution in [0.4, 0.5) is 0 Å². The fraction of sp³-hybridized carbons (Fsp3) is 0.143. The quantitative estimate of drug-likeness (QED) is 0.772. The molecule has 0 fully saturated rings. The molecule has 2 aromatic rings. The number of Topliss-reactive ketones (excluding diaryl/α,β-unsaturated/α-hetero) is 1. The van der Waals surface area contributed by atoms with Crippen LogP contribution in [0.25, 0.3) is 0 Å². The van der Waals surface area contributed by atoms with E-state index < -0.39 is 0 Å². The Morgan fingerprint density at radius 3 is 2.59 bits per heavy atom. The van der Waals surface area contributed by atoms with Gasteiger partial charge in [-0.05, 0) is 29.8 Å². The lowest BCUT2D eigenvalue weighted by Gasteiger charge is -2.10. The normalized spacial score (nSPS) is 12.1. The third-order valence-electron chi connectivity index (χ3n) is 2.71. The lowest BCUT2D eigenvalue weighted by atomic mass is 9.93. The minimum absolute atomic E-state index is 0.0682. The Kier molecular flexibility index (Phi) is 3.55. The molecule has 3 heteroatoms. The van der Waals surface area contributed by atoms with Gasteiger partial charge in [-0.25, -0.2) is 0 Å². The maximum absolute atomic E-state index is 12.2. The molecule has 0 saturated carbocycles. The highest BCUT2D eigenvalue weighted by molar-refractivity contribution is 6.31. The highest BCUT2D eigenvalue weighted by Gasteiger charge is 2.16. The van der Waals surface area contributed by atoms with Crippen molar-refractivity contribution < 1.29 is 4.79 Å². The summed E-state index contributed by atoms with van der Waals surface area (Å²) in [6.45, 7) is 1.89. The van der Waals surface area contributed by atoms with Gasteiger partial charge in [0.1, 0.15) is 0 Å². The number of hydrogen-bond donors (Lipinski definition) is 0. The largest absolute Gasteiger partial charge is 0.294 e. The highest BCUT2D eigenvalue weighted by atomic mass is 35.5. The fourth-order valence-corrected chi connectivity index (χ4v) is 1.89. The lowest BCUT2D eigenvalue weighted by molar-refractivity contribution is 0.0966. The van der Waals surface area contributed by atoms with Gasteiger partial charge in [0.25, 0.3) is 0 Å². The molecule has 0 aliphatic carbocycles. The second-order valence-electron chi connectivity index (χ2n) is 3.88. The number of aromatic nitrogens is 1. The molecule has 0 radical (unpaired) electrons. The maximum atomic E-state index is 12.2. The van der Waals surface area contributed by atoms with Crippen LogP contribution < -0.4 is 0 Å². The number of ketones is 1. The van der Waals surface area contributed by atoms with Crippen LogP contribution in [0.2, 0.25) is 5.02 Å². The number of nitrogens with zero attached hydrogens (tertiary/aromatic N) is 1. The van der Waals surface area contributed by atoms with Crippen molar-refractivity contribution in [2.45, 2.75) is 12.8 Å². The van der Waals surface area contributed by atoms with E-state index in [1.54, 1.807) is 36.7 Å². The Morgan fingerprint density at radius 2 is 1.94 bits per heavy atom. The molecule has 1 atom stereocenters. The summed E-state index contributed by atoms with van der Waals surface area (Å²) in [6, 6.07) is 10.7. The number of halogens is 1. The van der Waals surface area contributed by atoms with Crippen molar-refractivity contribution in [1.29, 1.82) is 0 Å². The highest BCUT2D eigenvalue weighted by Crippen LogP contribution is 2.21. The summed E-state index contributed by atoms with van der Waals surface area (Å²) in [5.74, 6) is -0.116. The van der Waals surface area contributed by atoms with E-state index in [1.165, 1.54) is 0 Å². The summed E-state index contributed by atoms with van der Waals surface area (Å²) in [5, 5.41) is 0.581. The Hall–Kier alpha value is -1.67. The Morgan fingerprint density at radius 1 is 1.24 bits per heavy atom. The van der Waals surface area contributed by atoms with Gasteiger partial charge in [-0.1, -0.05) is 30.7 Å². The van der Waals surface area contributed by atoms with Gasteiger partial charge in [0.05, 0.1) is 0 Å². The van der Waals surface area contributed by atoms with Gasteiger partial charge < -0.3 is 0 Å². The van der Waals surface area contributed by atoms with Crippen molar-refractivity contribution in [1.82, 2.24) is 4.98 Å². The molecular weight excluding hydrogens is 234 g/mol. The zero-order valence-corrected chi connectivity index (χ0v) is 10.2. The molecule has 1 aromatic carbocycles.